The van der Waals surface area contributed by atoms with Crippen LogP contribution in [-0.2, 0) is 16.1 Å². The first-order chi connectivity index (χ1) is 13.2. The average molecular weight is 369 g/mol. The minimum absolute atomic E-state index is 0.319. The van der Waals surface area contributed by atoms with Gasteiger partial charge in [-0.15, -0.1) is 0 Å². The molecule has 0 unspecified atom stereocenters. The lowest BCUT2D eigenvalue weighted by molar-refractivity contribution is -0.105. The van der Waals surface area contributed by atoms with Crippen molar-refractivity contribution < 1.29 is 14.3 Å². The zero-order valence-corrected chi connectivity index (χ0v) is 15.9. The SMILES string of the molecule is CCN(CC)C[C@H](OC(=O)NCc1cccc(NC=O)c1)c1ccccc1. The molecule has 0 saturated carbocycles. The number of nitrogens with zero attached hydrogens (tertiary/aromatic N) is 1. The van der Waals surface area contributed by atoms with Crippen LogP contribution in [0.2, 0.25) is 0 Å². The largest absolute Gasteiger partial charge is 0.440 e. The van der Waals surface area contributed by atoms with E-state index in [9.17, 15) is 9.59 Å². The number of ether oxygens (including phenoxy) is 1. The molecule has 144 valence electrons. The second-order valence-electron chi connectivity index (χ2n) is 6.11. The van der Waals surface area contributed by atoms with Gasteiger partial charge in [0.2, 0.25) is 6.41 Å². The Labute approximate surface area is 160 Å². The minimum Gasteiger partial charge on any atom is -0.440 e. The Morgan fingerprint density at radius 1 is 1.11 bits per heavy atom. The Kier molecular flexibility index (Phi) is 8.32. The van der Waals surface area contributed by atoms with Gasteiger partial charge in [-0.05, 0) is 36.3 Å². The summed E-state index contributed by atoms with van der Waals surface area (Å²) in [7, 11) is 0. The third kappa shape index (κ3) is 6.75. The topological polar surface area (TPSA) is 70.7 Å². The van der Waals surface area contributed by atoms with Crippen LogP contribution in [-0.4, -0.2) is 37.0 Å². The minimum atomic E-state index is -0.468. The normalized spacial score (nSPS) is 11.7. The van der Waals surface area contributed by atoms with Crippen LogP contribution in [0.3, 0.4) is 0 Å². The van der Waals surface area contributed by atoms with Crippen molar-refractivity contribution in [2.45, 2.75) is 26.5 Å². The second-order valence-corrected chi connectivity index (χ2v) is 6.11. The Balaban J connectivity index is 1.98. The fourth-order valence-electron chi connectivity index (χ4n) is 2.78. The molecule has 2 aromatic carbocycles. The average Bonchev–Trinajstić information content (AvgIpc) is 2.71. The molecule has 2 aromatic rings. The van der Waals surface area contributed by atoms with Crippen molar-refractivity contribution in [2.24, 2.45) is 0 Å². The van der Waals surface area contributed by atoms with Gasteiger partial charge in [-0.1, -0.05) is 56.3 Å². The summed E-state index contributed by atoms with van der Waals surface area (Å²) >= 11 is 0. The van der Waals surface area contributed by atoms with Gasteiger partial charge in [-0.25, -0.2) is 4.79 Å². The lowest BCUT2D eigenvalue weighted by Crippen LogP contribution is -2.33. The highest BCUT2D eigenvalue weighted by atomic mass is 16.6. The fourth-order valence-corrected chi connectivity index (χ4v) is 2.78. The zero-order chi connectivity index (χ0) is 19.5. The van der Waals surface area contributed by atoms with Gasteiger partial charge in [0.1, 0.15) is 6.10 Å². The first-order valence-electron chi connectivity index (χ1n) is 9.17. The number of benzene rings is 2. The summed E-state index contributed by atoms with van der Waals surface area (Å²) in [6.07, 6.45) is -0.183. The molecule has 2 N–H and O–H groups in total. The van der Waals surface area contributed by atoms with Gasteiger partial charge >= 0.3 is 6.09 Å². The van der Waals surface area contributed by atoms with Crippen LogP contribution in [0.1, 0.15) is 31.1 Å². The monoisotopic (exact) mass is 369 g/mol. The predicted octanol–water partition coefficient (Wildman–Crippen LogP) is 3.56. The van der Waals surface area contributed by atoms with Gasteiger partial charge in [-0.2, -0.15) is 0 Å². The number of carbonyl (C=O) groups excluding carboxylic acids is 2. The molecule has 2 rings (SSSR count). The number of amides is 2. The molecule has 0 aromatic heterocycles. The lowest BCUT2D eigenvalue weighted by Gasteiger charge is -2.25. The van der Waals surface area contributed by atoms with Crippen molar-refractivity contribution in [1.82, 2.24) is 10.2 Å². The molecule has 6 nitrogen and oxygen atoms in total. The van der Waals surface area contributed by atoms with Gasteiger partial charge in [0.15, 0.2) is 0 Å². The van der Waals surface area contributed by atoms with E-state index < -0.39 is 6.09 Å². The molecule has 0 aliphatic heterocycles. The maximum absolute atomic E-state index is 12.3. The first-order valence-corrected chi connectivity index (χ1v) is 9.17. The van der Waals surface area contributed by atoms with Gasteiger partial charge < -0.3 is 15.4 Å². The number of nitrogens with one attached hydrogen (secondary N) is 2. The summed E-state index contributed by atoms with van der Waals surface area (Å²) in [5.41, 5.74) is 2.52. The highest BCUT2D eigenvalue weighted by Crippen LogP contribution is 2.19. The Hall–Kier alpha value is -2.86. The van der Waals surface area contributed by atoms with E-state index in [4.69, 9.17) is 4.74 Å². The van der Waals surface area contributed by atoms with Crippen LogP contribution in [0.25, 0.3) is 0 Å². The van der Waals surface area contributed by atoms with Crippen LogP contribution < -0.4 is 10.6 Å². The van der Waals surface area contributed by atoms with E-state index in [0.717, 1.165) is 24.2 Å². The Morgan fingerprint density at radius 3 is 2.52 bits per heavy atom. The van der Waals surface area contributed by atoms with Gasteiger partial charge in [-0.3, -0.25) is 9.69 Å². The van der Waals surface area contributed by atoms with Gasteiger partial charge in [0.05, 0.1) is 0 Å². The summed E-state index contributed by atoms with van der Waals surface area (Å²) in [6, 6.07) is 17.0. The molecule has 0 bridgehead atoms. The van der Waals surface area contributed by atoms with Crippen LogP contribution in [0, 0.1) is 0 Å². The second kappa shape index (κ2) is 11.0. The van der Waals surface area contributed by atoms with Crippen molar-refractivity contribution in [3.63, 3.8) is 0 Å². The summed E-state index contributed by atoms with van der Waals surface area (Å²) in [6.45, 7) is 6.92. The quantitative estimate of drug-likeness (QED) is 0.628. The van der Waals surface area contributed by atoms with E-state index in [1.165, 1.54) is 0 Å². The van der Waals surface area contributed by atoms with E-state index in [-0.39, 0.29) is 6.10 Å². The number of alkyl carbamates (subject to hydrolysis) is 1. The molecule has 0 spiro atoms. The highest BCUT2D eigenvalue weighted by molar-refractivity contribution is 5.71. The van der Waals surface area contributed by atoms with E-state index in [1.807, 2.05) is 42.5 Å². The van der Waals surface area contributed by atoms with E-state index >= 15 is 0 Å². The molecule has 0 radical (unpaired) electrons. The first kappa shape index (κ1) is 20.5. The van der Waals surface area contributed by atoms with Crippen molar-refractivity contribution in [2.75, 3.05) is 25.0 Å². The van der Waals surface area contributed by atoms with Crippen LogP contribution in [0.15, 0.2) is 54.6 Å². The zero-order valence-electron chi connectivity index (χ0n) is 15.9. The summed E-state index contributed by atoms with van der Waals surface area (Å²) in [4.78, 5) is 25.1. The maximum atomic E-state index is 12.3. The third-order valence-electron chi connectivity index (χ3n) is 4.33. The number of hydrogen-bond acceptors (Lipinski definition) is 4. The molecule has 27 heavy (non-hydrogen) atoms. The Morgan fingerprint density at radius 2 is 1.85 bits per heavy atom. The van der Waals surface area contributed by atoms with Crippen molar-refractivity contribution in [1.29, 1.82) is 0 Å². The van der Waals surface area contributed by atoms with Crippen molar-refractivity contribution in [3.8, 4) is 0 Å². The van der Waals surface area contributed by atoms with Crippen LogP contribution in [0.5, 0.6) is 0 Å². The third-order valence-corrected chi connectivity index (χ3v) is 4.33. The number of carbonyl (C=O) groups is 2. The number of anilines is 1. The van der Waals surface area contributed by atoms with E-state index in [2.05, 4.69) is 29.4 Å². The summed E-state index contributed by atoms with van der Waals surface area (Å²) in [5.74, 6) is 0. The van der Waals surface area contributed by atoms with Gasteiger partial charge in [0.25, 0.3) is 0 Å². The molecule has 1 atom stereocenters. The molecular formula is C21H27N3O3. The predicted molar refractivity (Wildman–Crippen MR) is 106 cm³/mol. The van der Waals surface area contributed by atoms with Crippen molar-refractivity contribution in [3.05, 3.63) is 65.7 Å². The van der Waals surface area contributed by atoms with Crippen LogP contribution in [0.4, 0.5) is 10.5 Å². The number of likely N-dealkylation sites (N-methyl/N-ethyl adjacent to an activating group) is 1. The lowest BCUT2D eigenvalue weighted by atomic mass is 10.1. The molecule has 2 amide bonds. The molecular weight excluding hydrogens is 342 g/mol. The Bertz CT molecular complexity index is 718. The maximum Gasteiger partial charge on any atom is 0.408 e. The van der Waals surface area contributed by atoms with E-state index in [1.54, 1.807) is 12.1 Å². The smallest absolute Gasteiger partial charge is 0.408 e. The molecule has 0 saturated heterocycles. The molecule has 0 aliphatic carbocycles. The number of rotatable bonds is 10. The van der Waals surface area contributed by atoms with Gasteiger partial charge in [0, 0.05) is 18.8 Å². The van der Waals surface area contributed by atoms with Crippen LogP contribution >= 0.6 is 0 Å². The van der Waals surface area contributed by atoms with Crippen molar-refractivity contribution >= 4 is 18.2 Å². The summed E-state index contributed by atoms with van der Waals surface area (Å²) in [5, 5.41) is 5.38. The highest BCUT2D eigenvalue weighted by Gasteiger charge is 2.19. The fraction of sp³-hybridized carbons (Fsp3) is 0.333. The standard InChI is InChI=1S/C21H27N3O3/c1-3-24(4-2)15-20(18-10-6-5-7-11-18)27-21(26)22-14-17-9-8-12-19(13-17)23-16-25/h5-13,16,20H,3-4,14-15H2,1-2H3,(H,22,26)(H,23,25)/t20-/m0/s1. The molecule has 0 aliphatic rings. The molecule has 6 heteroatoms. The molecule has 0 fully saturated rings. The van der Waals surface area contributed by atoms with E-state index in [0.29, 0.717) is 25.2 Å². The summed E-state index contributed by atoms with van der Waals surface area (Å²) < 4.78 is 5.71. The number of hydrogen-bond donors (Lipinski definition) is 2. The molecule has 0 heterocycles.